The molecule has 0 atom stereocenters. The molecule has 3 rings (SSSR count). The van der Waals surface area contributed by atoms with Crippen molar-refractivity contribution in [2.45, 2.75) is 6.54 Å². The quantitative estimate of drug-likeness (QED) is 0.699. The van der Waals surface area contributed by atoms with E-state index in [0.29, 0.717) is 11.5 Å². The minimum absolute atomic E-state index is 0. The molecule has 158 valence electrons. The molecule has 0 unspecified atom stereocenters. The zero-order valence-corrected chi connectivity index (χ0v) is 18.5. The Morgan fingerprint density at radius 3 is 2.38 bits per heavy atom. The van der Waals surface area contributed by atoms with Gasteiger partial charge in [0.1, 0.15) is 0 Å². The summed E-state index contributed by atoms with van der Waals surface area (Å²) in [6.07, 6.45) is -0.429. The second kappa shape index (κ2) is 10.6. The number of amides is 1. The highest BCUT2D eigenvalue weighted by Gasteiger charge is 2.19. The SMILES string of the molecule is COc1cc(CN2CCN(c3ccccc3Cl)CC2)ccc1OC(=O)N(C)C.Cl. The molecule has 0 saturated carbocycles. The van der Waals surface area contributed by atoms with Gasteiger partial charge in [0.25, 0.3) is 0 Å². The van der Waals surface area contributed by atoms with Gasteiger partial charge >= 0.3 is 6.09 Å². The lowest BCUT2D eigenvalue weighted by molar-refractivity contribution is 0.170. The fourth-order valence-electron chi connectivity index (χ4n) is 3.19. The number of anilines is 1. The number of para-hydroxylation sites is 1. The average Bonchev–Trinajstić information content (AvgIpc) is 2.70. The van der Waals surface area contributed by atoms with Gasteiger partial charge in [-0.1, -0.05) is 29.8 Å². The molecule has 1 fully saturated rings. The van der Waals surface area contributed by atoms with Gasteiger partial charge in [-0.15, -0.1) is 12.4 Å². The molecular weight excluding hydrogens is 413 g/mol. The van der Waals surface area contributed by atoms with Crippen molar-refractivity contribution < 1.29 is 14.3 Å². The van der Waals surface area contributed by atoms with Gasteiger partial charge < -0.3 is 19.3 Å². The number of carbonyl (C=O) groups is 1. The highest BCUT2D eigenvalue weighted by molar-refractivity contribution is 6.33. The van der Waals surface area contributed by atoms with Crippen LogP contribution in [0, 0.1) is 0 Å². The number of methoxy groups -OCH3 is 1. The van der Waals surface area contributed by atoms with Crippen molar-refractivity contribution in [1.29, 1.82) is 0 Å². The molecule has 0 aliphatic carbocycles. The molecule has 0 spiro atoms. The number of ether oxygens (including phenoxy) is 2. The van der Waals surface area contributed by atoms with Crippen LogP contribution in [-0.4, -0.2) is 63.3 Å². The van der Waals surface area contributed by atoms with Crippen LogP contribution in [0.3, 0.4) is 0 Å². The van der Waals surface area contributed by atoms with Crippen molar-refractivity contribution in [2.24, 2.45) is 0 Å². The maximum atomic E-state index is 11.8. The van der Waals surface area contributed by atoms with E-state index in [4.69, 9.17) is 21.1 Å². The van der Waals surface area contributed by atoms with E-state index in [1.54, 1.807) is 27.3 Å². The second-order valence-electron chi connectivity index (χ2n) is 6.96. The Morgan fingerprint density at radius 2 is 1.76 bits per heavy atom. The minimum Gasteiger partial charge on any atom is -0.493 e. The number of halogens is 2. The molecular formula is C21H27Cl2N3O3. The molecule has 1 amide bonds. The molecule has 1 heterocycles. The predicted octanol–water partition coefficient (Wildman–Crippen LogP) is 4.15. The minimum atomic E-state index is -0.429. The molecule has 0 N–H and O–H groups in total. The largest absolute Gasteiger partial charge is 0.493 e. The maximum Gasteiger partial charge on any atom is 0.414 e. The second-order valence-corrected chi connectivity index (χ2v) is 7.37. The average molecular weight is 440 g/mol. The van der Waals surface area contributed by atoms with Gasteiger partial charge in [0, 0.05) is 46.8 Å². The van der Waals surface area contributed by atoms with Crippen molar-refractivity contribution in [1.82, 2.24) is 9.80 Å². The molecule has 1 aliphatic heterocycles. The van der Waals surface area contributed by atoms with Crippen LogP contribution in [-0.2, 0) is 6.54 Å². The van der Waals surface area contributed by atoms with Crippen molar-refractivity contribution in [2.75, 3.05) is 52.3 Å². The highest BCUT2D eigenvalue weighted by atomic mass is 35.5. The number of hydrogen-bond acceptors (Lipinski definition) is 5. The topological polar surface area (TPSA) is 45.3 Å². The van der Waals surface area contributed by atoms with E-state index >= 15 is 0 Å². The zero-order chi connectivity index (χ0) is 20.1. The van der Waals surface area contributed by atoms with Crippen LogP contribution in [0.2, 0.25) is 5.02 Å². The first kappa shape index (κ1) is 23.1. The molecule has 0 radical (unpaired) electrons. The van der Waals surface area contributed by atoms with Crippen molar-refractivity contribution in [3.63, 3.8) is 0 Å². The summed E-state index contributed by atoms with van der Waals surface area (Å²) < 4.78 is 10.8. The Hall–Kier alpha value is -2.15. The van der Waals surface area contributed by atoms with Gasteiger partial charge in [-0.3, -0.25) is 4.90 Å². The van der Waals surface area contributed by atoms with Crippen LogP contribution >= 0.6 is 24.0 Å². The summed E-state index contributed by atoms with van der Waals surface area (Å²) >= 11 is 6.32. The molecule has 8 heteroatoms. The lowest BCUT2D eigenvalue weighted by atomic mass is 10.1. The summed E-state index contributed by atoms with van der Waals surface area (Å²) in [7, 11) is 4.87. The van der Waals surface area contributed by atoms with Crippen LogP contribution in [0.15, 0.2) is 42.5 Å². The summed E-state index contributed by atoms with van der Waals surface area (Å²) in [5.74, 6) is 0.982. The lowest BCUT2D eigenvalue weighted by Crippen LogP contribution is -2.46. The number of carbonyl (C=O) groups excluding carboxylic acids is 1. The summed E-state index contributed by atoms with van der Waals surface area (Å²) in [4.78, 5) is 17.9. The highest BCUT2D eigenvalue weighted by Crippen LogP contribution is 2.30. The Labute approximate surface area is 183 Å². The van der Waals surface area contributed by atoms with Gasteiger partial charge in [-0.2, -0.15) is 0 Å². The summed E-state index contributed by atoms with van der Waals surface area (Å²) in [6.45, 7) is 4.57. The Morgan fingerprint density at radius 1 is 1.07 bits per heavy atom. The molecule has 0 bridgehead atoms. The van der Waals surface area contributed by atoms with E-state index in [9.17, 15) is 4.79 Å². The van der Waals surface area contributed by atoms with Crippen LogP contribution < -0.4 is 14.4 Å². The smallest absolute Gasteiger partial charge is 0.414 e. The van der Waals surface area contributed by atoms with Gasteiger partial charge in [-0.05, 0) is 29.8 Å². The van der Waals surface area contributed by atoms with E-state index in [-0.39, 0.29) is 12.4 Å². The fraction of sp³-hybridized carbons (Fsp3) is 0.381. The van der Waals surface area contributed by atoms with Crippen LogP contribution in [0.25, 0.3) is 0 Å². The molecule has 2 aromatic carbocycles. The molecule has 29 heavy (non-hydrogen) atoms. The van der Waals surface area contributed by atoms with Gasteiger partial charge in [0.15, 0.2) is 11.5 Å². The number of nitrogens with zero attached hydrogens (tertiary/aromatic N) is 3. The molecule has 1 aliphatic rings. The molecule has 1 saturated heterocycles. The van der Waals surface area contributed by atoms with Crippen molar-refractivity contribution >= 4 is 35.8 Å². The van der Waals surface area contributed by atoms with E-state index in [1.165, 1.54) is 4.90 Å². The van der Waals surface area contributed by atoms with Gasteiger partial charge in [0.05, 0.1) is 17.8 Å². The van der Waals surface area contributed by atoms with Gasteiger partial charge in [0.2, 0.25) is 0 Å². The normalized spacial score (nSPS) is 14.1. The van der Waals surface area contributed by atoms with E-state index in [0.717, 1.165) is 49.0 Å². The Bertz CT molecular complexity index is 825. The first-order valence-corrected chi connectivity index (χ1v) is 9.63. The fourth-order valence-corrected chi connectivity index (χ4v) is 3.45. The molecule has 2 aromatic rings. The third kappa shape index (κ3) is 5.92. The van der Waals surface area contributed by atoms with E-state index < -0.39 is 6.09 Å². The van der Waals surface area contributed by atoms with Gasteiger partial charge in [-0.25, -0.2) is 4.79 Å². The van der Waals surface area contributed by atoms with Crippen LogP contribution in [0.5, 0.6) is 11.5 Å². The summed E-state index contributed by atoms with van der Waals surface area (Å²) in [5, 5.41) is 0.795. The number of benzene rings is 2. The predicted molar refractivity (Wildman–Crippen MR) is 119 cm³/mol. The first-order chi connectivity index (χ1) is 13.5. The number of rotatable bonds is 5. The van der Waals surface area contributed by atoms with Crippen molar-refractivity contribution in [3.05, 3.63) is 53.1 Å². The molecule has 6 nitrogen and oxygen atoms in total. The molecule has 0 aromatic heterocycles. The lowest BCUT2D eigenvalue weighted by Gasteiger charge is -2.36. The zero-order valence-electron chi connectivity index (χ0n) is 16.9. The number of hydrogen-bond donors (Lipinski definition) is 0. The van der Waals surface area contributed by atoms with Crippen LogP contribution in [0.1, 0.15) is 5.56 Å². The Kier molecular flexibility index (Phi) is 8.44. The Balaban J connectivity index is 0.00000300. The number of piperazine rings is 1. The van der Waals surface area contributed by atoms with Crippen molar-refractivity contribution in [3.8, 4) is 11.5 Å². The van der Waals surface area contributed by atoms with E-state index in [1.807, 2.05) is 30.3 Å². The maximum absolute atomic E-state index is 11.8. The first-order valence-electron chi connectivity index (χ1n) is 9.26. The summed E-state index contributed by atoms with van der Waals surface area (Å²) in [6, 6.07) is 13.7. The summed E-state index contributed by atoms with van der Waals surface area (Å²) in [5.41, 5.74) is 2.21. The standard InChI is InChI=1S/C21H26ClN3O3.ClH/c1-23(2)21(26)28-19-9-8-16(14-20(19)27-3)15-24-10-12-25(13-11-24)18-7-5-4-6-17(18)22;/h4-9,14H,10-13,15H2,1-3H3;1H. The van der Waals surface area contributed by atoms with E-state index in [2.05, 4.69) is 15.9 Å². The van der Waals surface area contributed by atoms with Crippen LogP contribution in [0.4, 0.5) is 10.5 Å². The monoisotopic (exact) mass is 439 g/mol. The third-order valence-corrected chi connectivity index (χ3v) is 5.08. The third-order valence-electron chi connectivity index (χ3n) is 4.76.